The third kappa shape index (κ3) is 3.11. The Morgan fingerprint density at radius 1 is 1.32 bits per heavy atom. The van der Waals surface area contributed by atoms with Crippen LogP contribution in [0.1, 0.15) is 34.2 Å². The molecule has 0 N–H and O–H groups in total. The van der Waals surface area contributed by atoms with E-state index in [-0.39, 0.29) is 11.5 Å². The zero-order valence-electron chi connectivity index (χ0n) is 12.7. The quantitative estimate of drug-likeness (QED) is 0.367. The number of rotatable bonds is 5. The molecule has 1 aromatic heterocycles. The predicted octanol–water partition coefficient (Wildman–Crippen LogP) is 3.32. The first kappa shape index (κ1) is 15.6. The number of hydrogen-bond acceptors (Lipinski definition) is 4. The molecule has 0 aliphatic rings. The van der Waals surface area contributed by atoms with E-state index in [2.05, 4.69) is 5.10 Å². The van der Waals surface area contributed by atoms with Gasteiger partial charge in [-0.25, -0.2) is 0 Å². The fourth-order valence-corrected chi connectivity index (χ4v) is 2.26. The number of carbonyl (C=O) groups is 1. The molecule has 2 aromatic rings. The summed E-state index contributed by atoms with van der Waals surface area (Å²) in [5.74, 6) is -0.196. The average molecular weight is 299 g/mol. The van der Waals surface area contributed by atoms with Gasteiger partial charge < -0.3 is 0 Å². The molecule has 0 atom stereocenters. The van der Waals surface area contributed by atoms with Crippen LogP contribution in [0.15, 0.2) is 30.3 Å². The Hall–Kier alpha value is -2.76. The van der Waals surface area contributed by atoms with E-state index in [0.717, 1.165) is 23.5 Å². The minimum absolute atomic E-state index is 0.0311. The molecule has 0 saturated heterocycles. The number of benzene rings is 1. The van der Waals surface area contributed by atoms with Gasteiger partial charge in [0.25, 0.3) is 5.69 Å². The van der Waals surface area contributed by atoms with Gasteiger partial charge in [0.15, 0.2) is 5.78 Å². The summed E-state index contributed by atoms with van der Waals surface area (Å²) < 4.78 is 1.88. The predicted molar refractivity (Wildman–Crippen MR) is 83.8 cm³/mol. The van der Waals surface area contributed by atoms with Gasteiger partial charge in [0, 0.05) is 35.5 Å². The molecule has 114 valence electrons. The molecule has 0 spiro atoms. The van der Waals surface area contributed by atoms with Crippen LogP contribution in [0, 0.1) is 24.0 Å². The number of non-ortho nitro benzene ring substituents is 1. The van der Waals surface area contributed by atoms with Gasteiger partial charge in [-0.15, -0.1) is 0 Å². The second-order valence-corrected chi connectivity index (χ2v) is 4.90. The van der Waals surface area contributed by atoms with Crippen LogP contribution < -0.4 is 0 Å². The summed E-state index contributed by atoms with van der Waals surface area (Å²) in [4.78, 5) is 22.2. The number of aromatic nitrogens is 2. The van der Waals surface area contributed by atoms with Gasteiger partial charge in [-0.3, -0.25) is 19.6 Å². The molecule has 0 unspecified atom stereocenters. The van der Waals surface area contributed by atoms with Crippen LogP contribution in [0.3, 0.4) is 0 Å². The van der Waals surface area contributed by atoms with Crippen molar-refractivity contribution in [2.75, 3.05) is 0 Å². The number of ketones is 1. The maximum absolute atomic E-state index is 12.1. The van der Waals surface area contributed by atoms with Gasteiger partial charge in [0.1, 0.15) is 0 Å². The number of hydrogen-bond donors (Lipinski definition) is 0. The van der Waals surface area contributed by atoms with Crippen LogP contribution in [-0.4, -0.2) is 20.5 Å². The Kier molecular flexibility index (Phi) is 4.50. The maximum Gasteiger partial charge on any atom is 0.269 e. The fourth-order valence-electron chi connectivity index (χ4n) is 2.26. The molecular weight excluding hydrogens is 282 g/mol. The van der Waals surface area contributed by atoms with Crippen molar-refractivity contribution in [3.63, 3.8) is 0 Å². The van der Waals surface area contributed by atoms with E-state index < -0.39 is 4.92 Å². The summed E-state index contributed by atoms with van der Waals surface area (Å²) in [6, 6.07) is 5.57. The first-order chi connectivity index (χ1) is 10.4. The van der Waals surface area contributed by atoms with Crippen LogP contribution in [0.25, 0.3) is 6.08 Å². The van der Waals surface area contributed by atoms with Gasteiger partial charge >= 0.3 is 0 Å². The molecule has 6 nitrogen and oxygen atoms in total. The van der Waals surface area contributed by atoms with Crippen molar-refractivity contribution in [1.82, 2.24) is 9.78 Å². The summed E-state index contributed by atoms with van der Waals surface area (Å²) in [7, 11) is 0. The standard InChI is InChI=1S/C16H17N3O3/c1-4-18-12(3)15(11(2)17-18)9-10-16(20)13-5-7-14(8-6-13)19(21)22/h5-10H,4H2,1-3H3/b10-9+. The third-order valence-electron chi connectivity index (χ3n) is 3.50. The maximum atomic E-state index is 12.1. The second kappa shape index (κ2) is 6.34. The van der Waals surface area contributed by atoms with Gasteiger partial charge in [0.05, 0.1) is 10.6 Å². The first-order valence-electron chi connectivity index (χ1n) is 6.95. The van der Waals surface area contributed by atoms with Gasteiger partial charge in [-0.05, 0) is 45.1 Å². The van der Waals surface area contributed by atoms with Crippen molar-refractivity contribution in [2.24, 2.45) is 0 Å². The van der Waals surface area contributed by atoms with E-state index in [1.165, 1.54) is 30.3 Å². The van der Waals surface area contributed by atoms with E-state index in [1.807, 2.05) is 25.5 Å². The van der Waals surface area contributed by atoms with Crippen molar-refractivity contribution in [2.45, 2.75) is 27.3 Å². The van der Waals surface area contributed by atoms with Crippen LogP contribution in [-0.2, 0) is 6.54 Å². The van der Waals surface area contributed by atoms with E-state index in [4.69, 9.17) is 0 Å². The Bertz CT molecular complexity index is 743. The highest BCUT2D eigenvalue weighted by atomic mass is 16.6. The molecule has 22 heavy (non-hydrogen) atoms. The van der Waals surface area contributed by atoms with Gasteiger partial charge in [0.2, 0.25) is 0 Å². The van der Waals surface area contributed by atoms with Gasteiger partial charge in [-0.2, -0.15) is 5.10 Å². The van der Waals surface area contributed by atoms with Crippen molar-refractivity contribution in [3.8, 4) is 0 Å². The molecular formula is C16H17N3O3. The molecule has 0 radical (unpaired) electrons. The average Bonchev–Trinajstić information content (AvgIpc) is 2.79. The number of carbonyl (C=O) groups excluding carboxylic acids is 1. The lowest BCUT2D eigenvalue weighted by Crippen LogP contribution is -1.98. The van der Waals surface area contributed by atoms with E-state index in [0.29, 0.717) is 5.56 Å². The molecule has 0 fully saturated rings. The summed E-state index contributed by atoms with van der Waals surface area (Å²) in [6.07, 6.45) is 3.21. The summed E-state index contributed by atoms with van der Waals surface area (Å²) >= 11 is 0. The monoisotopic (exact) mass is 299 g/mol. The number of aryl methyl sites for hydroxylation is 2. The molecule has 6 heteroatoms. The lowest BCUT2D eigenvalue weighted by Gasteiger charge is -1.99. The highest BCUT2D eigenvalue weighted by Crippen LogP contribution is 2.16. The van der Waals surface area contributed by atoms with E-state index >= 15 is 0 Å². The topological polar surface area (TPSA) is 78.0 Å². The van der Waals surface area contributed by atoms with Crippen molar-refractivity contribution in [1.29, 1.82) is 0 Å². The molecule has 0 bridgehead atoms. The first-order valence-corrected chi connectivity index (χ1v) is 6.95. The third-order valence-corrected chi connectivity index (χ3v) is 3.50. The van der Waals surface area contributed by atoms with Crippen LogP contribution in [0.4, 0.5) is 5.69 Å². The number of nitrogens with zero attached hydrogens (tertiary/aromatic N) is 3. The van der Waals surface area contributed by atoms with E-state index in [1.54, 1.807) is 6.08 Å². The molecule has 0 saturated carbocycles. The number of allylic oxidation sites excluding steroid dienone is 1. The molecule has 0 amide bonds. The smallest absolute Gasteiger partial charge is 0.269 e. The Morgan fingerprint density at radius 3 is 2.45 bits per heavy atom. The molecule has 2 rings (SSSR count). The summed E-state index contributed by atoms with van der Waals surface area (Å²) in [5, 5.41) is 15.0. The van der Waals surface area contributed by atoms with Crippen LogP contribution in [0.2, 0.25) is 0 Å². The zero-order valence-corrected chi connectivity index (χ0v) is 12.7. The van der Waals surface area contributed by atoms with E-state index in [9.17, 15) is 14.9 Å². The van der Waals surface area contributed by atoms with Crippen molar-refractivity contribution < 1.29 is 9.72 Å². The zero-order chi connectivity index (χ0) is 16.3. The largest absolute Gasteiger partial charge is 0.289 e. The van der Waals surface area contributed by atoms with Crippen molar-refractivity contribution in [3.05, 3.63) is 63.0 Å². The molecule has 0 aliphatic heterocycles. The normalized spacial score (nSPS) is 11.0. The van der Waals surface area contributed by atoms with Gasteiger partial charge in [-0.1, -0.05) is 0 Å². The summed E-state index contributed by atoms with van der Waals surface area (Å²) in [6.45, 7) is 6.64. The minimum atomic E-state index is -0.490. The minimum Gasteiger partial charge on any atom is -0.289 e. The molecule has 0 aliphatic carbocycles. The Labute approximate surface area is 128 Å². The second-order valence-electron chi connectivity index (χ2n) is 4.90. The van der Waals surface area contributed by atoms with Crippen LogP contribution >= 0.6 is 0 Å². The fraction of sp³-hybridized carbons (Fsp3) is 0.250. The Morgan fingerprint density at radius 2 is 1.95 bits per heavy atom. The van der Waals surface area contributed by atoms with Crippen molar-refractivity contribution >= 4 is 17.5 Å². The molecule has 1 heterocycles. The molecule has 1 aromatic carbocycles. The number of nitro benzene ring substituents is 1. The number of nitro groups is 1. The lowest BCUT2D eigenvalue weighted by atomic mass is 10.1. The summed E-state index contributed by atoms with van der Waals surface area (Å²) in [5.41, 5.74) is 3.19. The highest BCUT2D eigenvalue weighted by Gasteiger charge is 2.10. The lowest BCUT2D eigenvalue weighted by molar-refractivity contribution is -0.384. The van der Waals surface area contributed by atoms with Crippen LogP contribution in [0.5, 0.6) is 0 Å². The SMILES string of the molecule is CCn1nc(C)c(/C=C/C(=O)c2ccc([N+](=O)[O-])cc2)c1C. The Balaban J connectivity index is 2.21. The highest BCUT2D eigenvalue weighted by molar-refractivity contribution is 6.07.